The Morgan fingerprint density at radius 3 is 2.21 bits per heavy atom. The zero-order chi connectivity index (χ0) is 25.7. The lowest BCUT2D eigenvalue weighted by Gasteiger charge is -2.34. The molecule has 1 N–H and O–H groups in total. The summed E-state index contributed by atoms with van der Waals surface area (Å²) in [6.45, 7) is 6.97. The highest BCUT2D eigenvalue weighted by molar-refractivity contribution is 9.10. The van der Waals surface area contributed by atoms with Gasteiger partial charge in [0.25, 0.3) is 0 Å². The molecule has 10 heteroatoms. The minimum atomic E-state index is -3.80. The van der Waals surface area contributed by atoms with Crippen LogP contribution in [0.5, 0.6) is 0 Å². The summed E-state index contributed by atoms with van der Waals surface area (Å²) in [6, 6.07) is 13.0. The number of carbonyl (C=O) groups is 2. The molecule has 2 rings (SSSR count). The van der Waals surface area contributed by atoms with Crippen LogP contribution in [0.15, 0.2) is 53.0 Å². The van der Waals surface area contributed by atoms with Crippen LogP contribution in [0.1, 0.15) is 39.7 Å². The van der Waals surface area contributed by atoms with Crippen molar-refractivity contribution in [3.05, 3.63) is 63.6 Å². The number of para-hydroxylation sites is 1. The summed E-state index contributed by atoms with van der Waals surface area (Å²) in [7, 11) is -3.80. The molecule has 0 aliphatic carbocycles. The molecule has 1 atom stereocenters. The van der Waals surface area contributed by atoms with Crippen LogP contribution in [0, 0.1) is 0 Å². The standard InChI is InChI=1S/C24H31BrClN3O4S/c1-6-20(23(31)27-24(2,3)4)28(15-17-11-7-9-13-19(17)26)22(30)16-29(34(5,32)33)21-14-10-8-12-18(21)25/h7-14,20H,6,15-16H2,1-5H3,(H,27,31)/t20-/m1/s1. The molecule has 7 nitrogen and oxygen atoms in total. The lowest BCUT2D eigenvalue weighted by Crippen LogP contribution is -2.55. The van der Waals surface area contributed by atoms with Crippen molar-refractivity contribution in [2.24, 2.45) is 0 Å². The summed E-state index contributed by atoms with van der Waals surface area (Å²) in [6.07, 6.45) is 1.38. The van der Waals surface area contributed by atoms with Gasteiger partial charge in [-0.25, -0.2) is 8.42 Å². The molecule has 0 saturated heterocycles. The van der Waals surface area contributed by atoms with E-state index in [4.69, 9.17) is 11.6 Å². The van der Waals surface area contributed by atoms with Gasteiger partial charge in [-0.2, -0.15) is 0 Å². The van der Waals surface area contributed by atoms with Crippen LogP contribution >= 0.6 is 27.5 Å². The second kappa shape index (κ2) is 11.6. The van der Waals surface area contributed by atoms with Crippen molar-refractivity contribution in [1.29, 1.82) is 0 Å². The number of nitrogens with one attached hydrogen (secondary N) is 1. The SMILES string of the molecule is CC[C@H](C(=O)NC(C)(C)C)N(Cc1ccccc1Cl)C(=O)CN(c1ccccc1Br)S(C)(=O)=O. The van der Waals surface area contributed by atoms with E-state index in [0.29, 0.717) is 27.2 Å². The maximum absolute atomic E-state index is 13.7. The Bertz CT molecular complexity index is 1140. The molecule has 0 bridgehead atoms. The maximum Gasteiger partial charge on any atom is 0.244 e. The van der Waals surface area contributed by atoms with Gasteiger partial charge in [0.15, 0.2) is 0 Å². The molecule has 0 radical (unpaired) electrons. The van der Waals surface area contributed by atoms with Gasteiger partial charge in [-0.05, 0) is 66.9 Å². The molecular weight excluding hydrogens is 542 g/mol. The Kier molecular flexibility index (Phi) is 9.56. The minimum Gasteiger partial charge on any atom is -0.350 e. The normalized spacial score (nSPS) is 12.7. The van der Waals surface area contributed by atoms with E-state index < -0.39 is 34.1 Å². The van der Waals surface area contributed by atoms with E-state index in [9.17, 15) is 18.0 Å². The number of amides is 2. The first kappa shape index (κ1) is 28.1. The van der Waals surface area contributed by atoms with E-state index in [0.717, 1.165) is 10.6 Å². The molecule has 0 aliphatic rings. The van der Waals surface area contributed by atoms with Gasteiger partial charge in [0.2, 0.25) is 21.8 Å². The van der Waals surface area contributed by atoms with E-state index in [1.54, 1.807) is 48.5 Å². The molecule has 0 unspecified atom stereocenters. The second-order valence-corrected chi connectivity index (χ2v) is 12.2. The van der Waals surface area contributed by atoms with E-state index in [1.165, 1.54) is 4.90 Å². The van der Waals surface area contributed by atoms with Crippen molar-refractivity contribution < 1.29 is 18.0 Å². The third-order valence-electron chi connectivity index (χ3n) is 4.98. The van der Waals surface area contributed by atoms with Gasteiger partial charge in [0, 0.05) is 21.6 Å². The Labute approximate surface area is 215 Å². The number of nitrogens with zero attached hydrogens (tertiary/aromatic N) is 2. The number of halogens is 2. The summed E-state index contributed by atoms with van der Waals surface area (Å²) in [5.74, 6) is -0.834. The van der Waals surface area contributed by atoms with Crippen molar-refractivity contribution in [3.8, 4) is 0 Å². The number of rotatable bonds is 9. The van der Waals surface area contributed by atoms with Gasteiger partial charge in [-0.15, -0.1) is 0 Å². The molecule has 0 aromatic heterocycles. The Morgan fingerprint density at radius 2 is 1.68 bits per heavy atom. The predicted molar refractivity (Wildman–Crippen MR) is 140 cm³/mol. The number of anilines is 1. The van der Waals surface area contributed by atoms with Gasteiger partial charge in [-0.3, -0.25) is 13.9 Å². The smallest absolute Gasteiger partial charge is 0.244 e. The van der Waals surface area contributed by atoms with Crippen molar-refractivity contribution in [1.82, 2.24) is 10.2 Å². The third-order valence-corrected chi connectivity index (χ3v) is 7.15. The number of hydrogen-bond acceptors (Lipinski definition) is 4. The fourth-order valence-electron chi connectivity index (χ4n) is 3.43. The van der Waals surface area contributed by atoms with Crippen LogP contribution < -0.4 is 9.62 Å². The van der Waals surface area contributed by atoms with E-state index in [1.807, 2.05) is 27.7 Å². The van der Waals surface area contributed by atoms with Crippen LogP contribution in [0.4, 0.5) is 5.69 Å². The number of benzene rings is 2. The minimum absolute atomic E-state index is 0.0577. The van der Waals surface area contributed by atoms with Crippen LogP contribution in [0.2, 0.25) is 5.02 Å². The first-order valence-corrected chi connectivity index (χ1v) is 13.8. The van der Waals surface area contributed by atoms with E-state index in [-0.39, 0.29) is 12.5 Å². The van der Waals surface area contributed by atoms with Gasteiger partial charge in [0.05, 0.1) is 11.9 Å². The van der Waals surface area contributed by atoms with Gasteiger partial charge < -0.3 is 10.2 Å². The monoisotopic (exact) mass is 571 g/mol. The zero-order valence-corrected chi connectivity index (χ0v) is 23.2. The number of carbonyl (C=O) groups excluding carboxylic acids is 2. The first-order chi connectivity index (χ1) is 15.7. The highest BCUT2D eigenvalue weighted by Gasteiger charge is 2.33. The molecule has 0 aliphatic heterocycles. The highest BCUT2D eigenvalue weighted by atomic mass is 79.9. The topological polar surface area (TPSA) is 86.8 Å². The maximum atomic E-state index is 13.7. The van der Waals surface area contributed by atoms with E-state index >= 15 is 0 Å². The average molecular weight is 573 g/mol. The van der Waals surface area contributed by atoms with Gasteiger partial charge in [-0.1, -0.05) is 48.9 Å². The molecule has 0 saturated carbocycles. The lowest BCUT2D eigenvalue weighted by molar-refractivity contribution is -0.141. The second-order valence-electron chi connectivity index (χ2n) is 9.00. The Hall–Kier alpha value is -2.10. The largest absolute Gasteiger partial charge is 0.350 e. The van der Waals surface area contributed by atoms with Gasteiger partial charge in [0.1, 0.15) is 12.6 Å². The molecule has 0 spiro atoms. The van der Waals surface area contributed by atoms with Crippen LogP contribution in [0.3, 0.4) is 0 Å². The summed E-state index contributed by atoms with van der Waals surface area (Å²) < 4.78 is 26.9. The third kappa shape index (κ3) is 7.71. The molecule has 2 aromatic rings. The number of sulfonamides is 1. The molecule has 2 aromatic carbocycles. The van der Waals surface area contributed by atoms with E-state index in [2.05, 4.69) is 21.2 Å². The van der Waals surface area contributed by atoms with Crippen molar-refractivity contribution in [2.75, 3.05) is 17.1 Å². The van der Waals surface area contributed by atoms with Crippen molar-refractivity contribution >= 4 is 55.1 Å². The molecule has 186 valence electrons. The summed E-state index contributed by atoms with van der Waals surface area (Å²) in [5, 5.41) is 3.38. The summed E-state index contributed by atoms with van der Waals surface area (Å²) in [4.78, 5) is 28.2. The Morgan fingerprint density at radius 1 is 1.09 bits per heavy atom. The molecule has 34 heavy (non-hydrogen) atoms. The molecule has 0 fully saturated rings. The zero-order valence-electron chi connectivity index (χ0n) is 20.0. The quantitative estimate of drug-likeness (QED) is 0.476. The summed E-state index contributed by atoms with van der Waals surface area (Å²) >= 11 is 9.72. The molecule has 0 heterocycles. The van der Waals surface area contributed by atoms with Crippen molar-refractivity contribution in [2.45, 2.75) is 52.2 Å². The molecule has 2 amide bonds. The lowest BCUT2D eigenvalue weighted by atomic mass is 10.1. The van der Waals surface area contributed by atoms with Gasteiger partial charge >= 0.3 is 0 Å². The van der Waals surface area contributed by atoms with Crippen LogP contribution in [-0.2, 0) is 26.2 Å². The van der Waals surface area contributed by atoms with Crippen LogP contribution in [-0.4, -0.2) is 49.5 Å². The molecular formula is C24H31BrClN3O4S. The fraction of sp³-hybridized carbons (Fsp3) is 0.417. The Balaban J connectivity index is 2.49. The highest BCUT2D eigenvalue weighted by Crippen LogP contribution is 2.28. The average Bonchev–Trinajstić information content (AvgIpc) is 2.71. The van der Waals surface area contributed by atoms with Crippen LogP contribution in [0.25, 0.3) is 0 Å². The summed E-state index contributed by atoms with van der Waals surface area (Å²) in [5.41, 5.74) is 0.492. The number of hydrogen-bond donors (Lipinski definition) is 1. The fourth-order valence-corrected chi connectivity index (χ4v) is 5.10. The first-order valence-electron chi connectivity index (χ1n) is 10.8. The van der Waals surface area contributed by atoms with Crippen molar-refractivity contribution in [3.63, 3.8) is 0 Å². The predicted octanol–water partition coefficient (Wildman–Crippen LogP) is 4.59.